The van der Waals surface area contributed by atoms with Crippen molar-refractivity contribution in [3.63, 3.8) is 0 Å². The molecule has 94 valence electrons. The molecule has 1 heterocycles. The van der Waals surface area contributed by atoms with Gasteiger partial charge in [-0.2, -0.15) is 0 Å². The first-order chi connectivity index (χ1) is 7.42. The average Bonchev–Trinajstić information content (AvgIpc) is 2.25. The van der Waals surface area contributed by atoms with Crippen LogP contribution in [-0.2, 0) is 9.53 Å². The fourth-order valence-electron chi connectivity index (χ4n) is 1.81. The number of rotatable bonds is 3. The van der Waals surface area contributed by atoms with E-state index < -0.39 is 0 Å². The van der Waals surface area contributed by atoms with Crippen LogP contribution >= 0.6 is 0 Å². The van der Waals surface area contributed by atoms with Crippen LogP contribution in [0.15, 0.2) is 0 Å². The predicted molar refractivity (Wildman–Crippen MR) is 64.4 cm³/mol. The molecular formula is C12H24N2O2. The summed E-state index contributed by atoms with van der Waals surface area (Å²) in [6.45, 7) is 7.76. The van der Waals surface area contributed by atoms with Crippen molar-refractivity contribution in [1.29, 1.82) is 0 Å². The Balaban J connectivity index is 2.36. The molecule has 1 atom stereocenters. The summed E-state index contributed by atoms with van der Waals surface area (Å²) in [5, 5.41) is 3.23. The van der Waals surface area contributed by atoms with E-state index in [1.165, 1.54) is 0 Å². The Morgan fingerprint density at radius 2 is 2.19 bits per heavy atom. The lowest BCUT2D eigenvalue weighted by Crippen LogP contribution is -2.48. The number of nitrogens with one attached hydrogen (secondary N) is 1. The number of nitrogens with zero attached hydrogens (tertiary/aromatic N) is 1. The lowest BCUT2D eigenvalue weighted by Gasteiger charge is -2.33. The van der Waals surface area contributed by atoms with Crippen LogP contribution in [0.2, 0.25) is 0 Å². The van der Waals surface area contributed by atoms with Crippen LogP contribution in [0.3, 0.4) is 0 Å². The third kappa shape index (κ3) is 4.49. The summed E-state index contributed by atoms with van der Waals surface area (Å²) in [4.78, 5) is 13.8. The molecule has 4 heteroatoms. The Kier molecular flexibility index (Phi) is 4.74. The fourth-order valence-corrected chi connectivity index (χ4v) is 1.81. The molecule has 1 N–H and O–H groups in total. The zero-order valence-electron chi connectivity index (χ0n) is 10.9. The highest BCUT2D eigenvalue weighted by Gasteiger charge is 2.23. The van der Waals surface area contributed by atoms with Crippen molar-refractivity contribution in [1.82, 2.24) is 10.2 Å². The fraction of sp³-hybridized carbons (Fsp3) is 0.917. The van der Waals surface area contributed by atoms with Gasteiger partial charge in [0.2, 0.25) is 5.91 Å². The smallest absolute Gasteiger partial charge is 0.248 e. The number of piperidine rings is 1. The van der Waals surface area contributed by atoms with Crippen molar-refractivity contribution < 1.29 is 9.53 Å². The molecule has 1 fully saturated rings. The first-order valence-electron chi connectivity index (χ1n) is 6.01. The van der Waals surface area contributed by atoms with Gasteiger partial charge in [0.25, 0.3) is 0 Å². The summed E-state index contributed by atoms with van der Waals surface area (Å²) in [5.41, 5.74) is -0.242. The molecule has 1 aliphatic heterocycles. The number of hydrogen-bond acceptors (Lipinski definition) is 3. The van der Waals surface area contributed by atoms with Gasteiger partial charge in [-0.05, 0) is 40.7 Å². The minimum Gasteiger partial charge on any atom is -0.366 e. The molecule has 0 unspecified atom stereocenters. The van der Waals surface area contributed by atoms with Gasteiger partial charge in [0, 0.05) is 19.1 Å². The van der Waals surface area contributed by atoms with Gasteiger partial charge in [-0.1, -0.05) is 0 Å². The summed E-state index contributed by atoms with van der Waals surface area (Å²) in [6, 6.07) is 0.437. The van der Waals surface area contributed by atoms with E-state index in [1.54, 1.807) is 0 Å². The van der Waals surface area contributed by atoms with Crippen LogP contribution in [-0.4, -0.2) is 49.2 Å². The lowest BCUT2D eigenvalue weighted by atomic mass is 10.1. The molecule has 1 saturated heterocycles. The van der Waals surface area contributed by atoms with Crippen molar-refractivity contribution in [3.8, 4) is 0 Å². The third-order valence-electron chi connectivity index (χ3n) is 2.81. The average molecular weight is 228 g/mol. The minimum absolute atomic E-state index is 0.106. The number of likely N-dealkylation sites (tertiary alicyclic amines) is 1. The molecule has 0 aromatic heterocycles. The van der Waals surface area contributed by atoms with E-state index in [0.29, 0.717) is 6.04 Å². The van der Waals surface area contributed by atoms with Crippen LogP contribution in [0.4, 0.5) is 0 Å². The van der Waals surface area contributed by atoms with Crippen LogP contribution in [0.25, 0.3) is 0 Å². The second-order valence-corrected chi connectivity index (χ2v) is 5.37. The monoisotopic (exact) mass is 228 g/mol. The highest BCUT2D eigenvalue weighted by atomic mass is 16.5. The summed E-state index contributed by atoms with van der Waals surface area (Å²) in [6.07, 6.45) is 2.23. The molecule has 0 bridgehead atoms. The lowest BCUT2D eigenvalue weighted by molar-refractivity contribution is -0.142. The zero-order chi connectivity index (χ0) is 12.2. The predicted octanol–water partition coefficient (Wildman–Crippen LogP) is 1.01. The van der Waals surface area contributed by atoms with Gasteiger partial charge in [-0.25, -0.2) is 0 Å². The van der Waals surface area contributed by atoms with Crippen molar-refractivity contribution in [3.05, 3.63) is 0 Å². The molecule has 4 nitrogen and oxygen atoms in total. The van der Waals surface area contributed by atoms with Crippen molar-refractivity contribution in [2.75, 3.05) is 26.7 Å². The second-order valence-electron chi connectivity index (χ2n) is 5.37. The van der Waals surface area contributed by atoms with Crippen LogP contribution in [0.5, 0.6) is 0 Å². The maximum atomic E-state index is 11.9. The van der Waals surface area contributed by atoms with Gasteiger partial charge in [0.05, 0.1) is 5.60 Å². The standard InChI is InChI=1S/C12H24N2O2/c1-12(2,3)16-9-11(15)14-7-5-6-10(8-14)13-4/h10,13H,5-9H2,1-4H3/t10-/m0/s1. The molecule has 1 amide bonds. The van der Waals surface area contributed by atoms with Gasteiger partial charge in [0.1, 0.15) is 6.61 Å². The minimum atomic E-state index is -0.242. The molecule has 0 aromatic rings. The summed E-state index contributed by atoms with van der Waals surface area (Å²) in [7, 11) is 1.95. The van der Waals surface area contributed by atoms with Gasteiger partial charge < -0.3 is 15.0 Å². The highest BCUT2D eigenvalue weighted by molar-refractivity contribution is 5.77. The quantitative estimate of drug-likeness (QED) is 0.784. The van der Waals surface area contributed by atoms with Crippen molar-refractivity contribution in [2.24, 2.45) is 0 Å². The van der Waals surface area contributed by atoms with E-state index in [2.05, 4.69) is 5.32 Å². The number of carbonyl (C=O) groups is 1. The molecule has 1 rings (SSSR count). The topological polar surface area (TPSA) is 41.6 Å². The van der Waals surface area contributed by atoms with E-state index in [9.17, 15) is 4.79 Å². The number of ether oxygens (including phenoxy) is 1. The number of amides is 1. The molecule has 0 radical (unpaired) electrons. The zero-order valence-corrected chi connectivity index (χ0v) is 10.9. The molecule has 0 saturated carbocycles. The van der Waals surface area contributed by atoms with Crippen LogP contribution in [0, 0.1) is 0 Å². The molecule has 16 heavy (non-hydrogen) atoms. The van der Waals surface area contributed by atoms with Gasteiger partial charge in [0.15, 0.2) is 0 Å². The summed E-state index contributed by atoms with van der Waals surface area (Å²) >= 11 is 0. The molecular weight excluding hydrogens is 204 g/mol. The number of likely N-dealkylation sites (N-methyl/N-ethyl adjacent to an activating group) is 1. The Morgan fingerprint density at radius 1 is 1.50 bits per heavy atom. The Morgan fingerprint density at radius 3 is 2.75 bits per heavy atom. The number of carbonyl (C=O) groups excluding carboxylic acids is 1. The first-order valence-corrected chi connectivity index (χ1v) is 6.01. The largest absolute Gasteiger partial charge is 0.366 e. The van der Waals surface area contributed by atoms with Crippen molar-refractivity contribution in [2.45, 2.75) is 45.3 Å². The van der Waals surface area contributed by atoms with Crippen molar-refractivity contribution >= 4 is 5.91 Å². The SMILES string of the molecule is CN[C@H]1CCCN(C(=O)COC(C)(C)C)C1. The Hall–Kier alpha value is -0.610. The Labute approximate surface area is 98.3 Å². The van der Waals surface area contributed by atoms with E-state index >= 15 is 0 Å². The molecule has 0 spiro atoms. The maximum absolute atomic E-state index is 11.9. The highest BCUT2D eigenvalue weighted by Crippen LogP contribution is 2.12. The van der Waals surface area contributed by atoms with E-state index in [1.807, 2.05) is 32.7 Å². The molecule has 1 aliphatic rings. The summed E-state index contributed by atoms with van der Waals surface area (Å²) in [5.74, 6) is 0.106. The normalized spacial score (nSPS) is 22.2. The maximum Gasteiger partial charge on any atom is 0.248 e. The second kappa shape index (κ2) is 5.64. The molecule has 0 aromatic carbocycles. The van der Waals surface area contributed by atoms with Gasteiger partial charge >= 0.3 is 0 Å². The first kappa shape index (κ1) is 13.5. The number of hydrogen-bond donors (Lipinski definition) is 1. The van der Waals surface area contributed by atoms with Crippen LogP contribution in [0.1, 0.15) is 33.6 Å². The summed E-state index contributed by atoms with van der Waals surface area (Å²) < 4.78 is 5.50. The van der Waals surface area contributed by atoms with Gasteiger partial charge in [-0.3, -0.25) is 4.79 Å². The van der Waals surface area contributed by atoms with E-state index in [0.717, 1.165) is 25.9 Å². The van der Waals surface area contributed by atoms with E-state index in [-0.39, 0.29) is 18.1 Å². The van der Waals surface area contributed by atoms with Gasteiger partial charge in [-0.15, -0.1) is 0 Å². The van der Waals surface area contributed by atoms with Crippen LogP contribution < -0.4 is 5.32 Å². The third-order valence-corrected chi connectivity index (χ3v) is 2.81. The van der Waals surface area contributed by atoms with E-state index in [4.69, 9.17) is 4.74 Å². The Bertz CT molecular complexity index is 236. The molecule has 0 aliphatic carbocycles.